The van der Waals surface area contributed by atoms with E-state index >= 15 is 0 Å². The molecule has 0 spiro atoms. The number of nitrogens with zero attached hydrogens (tertiary/aromatic N) is 1. The van der Waals surface area contributed by atoms with E-state index in [0.717, 1.165) is 5.56 Å². The van der Waals surface area contributed by atoms with Crippen LogP contribution in [0.25, 0.3) is 0 Å². The average Bonchev–Trinajstić information content (AvgIpc) is 2.92. The molecule has 0 aliphatic carbocycles. The molecule has 1 aromatic carbocycles. The Morgan fingerprint density at radius 2 is 1.96 bits per heavy atom. The van der Waals surface area contributed by atoms with Crippen LogP contribution < -0.4 is 0 Å². The number of amides is 1. The lowest BCUT2D eigenvalue weighted by Crippen LogP contribution is -2.37. The highest BCUT2D eigenvalue weighted by atomic mass is 16.6. The fourth-order valence-corrected chi connectivity index (χ4v) is 3.39. The number of benzene rings is 1. The van der Waals surface area contributed by atoms with Crippen LogP contribution in [-0.2, 0) is 14.3 Å². The maximum atomic E-state index is 12.9. The molecule has 5 nitrogen and oxygen atoms in total. The van der Waals surface area contributed by atoms with Crippen LogP contribution in [0.5, 0.6) is 0 Å². The largest absolute Gasteiger partial charge is 0.460 e. The highest BCUT2D eigenvalue weighted by Gasteiger charge is 2.43. The number of carbonyl (C=O) groups excluding carboxylic acids is 2. The van der Waals surface area contributed by atoms with Crippen LogP contribution in [0, 0.1) is 11.8 Å². The summed E-state index contributed by atoms with van der Waals surface area (Å²) in [6, 6.07) is 9.84. The molecule has 1 aliphatic heterocycles. The summed E-state index contributed by atoms with van der Waals surface area (Å²) in [5, 5.41) is 9.35. The van der Waals surface area contributed by atoms with Gasteiger partial charge in [-0.15, -0.1) is 0 Å². The number of aliphatic hydroxyl groups is 1. The summed E-state index contributed by atoms with van der Waals surface area (Å²) < 4.78 is 5.47. The van der Waals surface area contributed by atoms with Crippen molar-refractivity contribution < 1.29 is 19.4 Å². The first-order chi connectivity index (χ1) is 11.7. The lowest BCUT2D eigenvalue weighted by molar-refractivity contribution is -0.164. The van der Waals surface area contributed by atoms with Crippen molar-refractivity contribution in [1.29, 1.82) is 0 Å². The second-order valence-corrected chi connectivity index (χ2v) is 7.67. The molecule has 0 unspecified atom stereocenters. The summed E-state index contributed by atoms with van der Waals surface area (Å²) in [7, 11) is 0. The third-order valence-electron chi connectivity index (χ3n) is 4.67. The molecule has 0 bridgehead atoms. The molecule has 0 radical (unpaired) electrons. The summed E-state index contributed by atoms with van der Waals surface area (Å²) in [5.74, 6) is -1.44. The zero-order chi connectivity index (χ0) is 18.6. The van der Waals surface area contributed by atoms with Gasteiger partial charge >= 0.3 is 5.97 Å². The van der Waals surface area contributed by atoms with E-state index in [1.807, 2.05) is 42.2 Å². The molecule has 138 valence electrons. The summed E-state index contributed by atoms with van der Waals surface area (Å²) in [6.07, 6.45) is 0.860. The number of likely N-dealkylation sites (tertiary alicyclic amines) is 1. The van der Waals surface area contributed by atoms with Crippen LogP contribution in [-0.4, -0.2) is 40.6 Å². The van der Waals surface area contributed by atoms with E-state index in [1.54, 1.807) is 20.8 Å². The van der Waals surface area contributed by atoms with Gasteiger partial charge < -0.3 is 14.7 Å². The van der Waals surface area contributed by atoms with Gasteiger partial charge in [0.15, 0.2) is 0 Å². The van der Waals surface area contributed by atoms with E-state index in [4.69, 9.17) is 4.74 Å². The van der Waals surface area contributed by atoms with E-state index in [1.165, 1.54) is 0 Å². The van der Waals surface area contributed by atoms with Crippen molar-refractivity contribution in [3.05, 3.63) is 35.9 Å². The minimum absolute atomic E-state index is 0.0272. The van der Waals surface area contributed by atoms with Crippen molar-refractivity contribution in [2.24, 2.45) is 11.8 Å². The van der Waals surface area contributed by atoms with Gasteiger partial charge in [0.05, 0.1) is 17.9 Å². The van der Waals surface area contributed by atoms with Crippen LogP contribution in [0.2, 0.25) is 0 Å². The molecule has 0 saturated carbocycles. The molecule has 0 aromatic heterocycles. The first-order valence-corrected chi connectivity index (χ1v) is 8.93. The Labute approximate surface area is 150 Å². The number of carbonyl (C=O) groups is 2. The highest BCUT2D eigenvalue weighted by Crippen LogP contribution is 2.34. The van der Waals surface area contributed by atoms with Crippen LogP contribution in [0.4, 0.5) is 0 Å². The van der Waals surface area contributed by atoms with Crippen molar-refractivity contribution in [3.8, 4) is 0 Å². The number of esters is 1. The first kappa shape index (κ1) is 19.4. The first-order valence-electron chi connectivity index (χ1n) is 8.93. The Morgan fingerprint density at radius 3 is 2.52 bits per heavy atom. The molecule has 1 saturated heterocycles. The Bertz CT molecular complexity index is 593. The minimum atomic E-state index is -0.608. The van der Waals surface area contributed by atoms with Gasteiger partial charge in [-0.3, -0.25) is 9.59 Å². The fraction of sp³-hybridized carbons (Fsp3) is 0.600. The molecule has 1 aromatic rings. The number of hydrogen-bond donors (Lipinski definition) is 1. The molecule has 25 heavy (non-hydrogen) atoms. The van der Waals surface area contributed by atoms with Crippen LogP contribution in [0.3, 0.4) is 0 Å². The Balaban J connectivity index is 2.13. The molecule has 1 aliphatic rings. The lowest BCUT2D eigenvalue weighted by atomic mass is 9.88. The Morgan fingerprint density at radius 1 is 1.32 bits per heavy atom. The summed E-state index contributed by atoms with van der Waals surface area (Å²) in [4.78, 5) is 27.3. The van der Waals surface area contributed by atoms with Crippen molar-refractivity contribution in [2.45, 2.75) is 52.2 Å². The SMILES string of the molecule is C[C@H](c1ccccc1)N1CC[C@@H]([C@H](CCO)C(=O)OC(C)(C)C)C1=O. The number of aliphatic hydroxyl groups excluding tert-OH is 1. The van der Waals surface area contributed by atoms with Gasteiger partial charge in [-0.05, 0) is 46.1 Å². The molecular formula is C20H29NO4. The predicted octanol–water partition coefficient (Wildman–Crippen LogP) is 2.94. The zero-order valence-electron chi connectivity index (χ0n) is 15.6. The third kappa shape index (κ3) is 4.82. The van der Waals surface area contributed by atoms with Crippen molar-refractivity contribution in [1.82, 2.24) is 4.90 Å². The van der Waals surface area contributed by atoms with Crippen molar-refractivity contribution in [2.75, 3.05) is 13.2 Å². The molecule has 1 fully saturated rings. The van der Waals surface area contributed by atoms with Crippen LogP contribution in [0.1, 0.15) is 52.1 Å². The standard InChI is InChI=1S/C20H29NO4/c1-14(15-8-6-5-7-9-15)21-12-10-16(18(21)23)17(11-13-22)19(24)25-20(2,3)4/h5-9,14,16-17,22H,10-13H2,1-4H3/t14-,16+,17+/m1/s1. The third-order valence-corrected chi connectivity index (χ3v) is 4.67. The van der Waals surface area contributed by atoms with Gasteiger partial charge in [-0.1, -0.05) is 30.3 Å². The average molecular weight is 347 g/mol. The van der Waals surface area contributed by atoms with Gasteiger partial charge in [-0.2, -0.15) is 0 Å². The Kier molecular flexibility index (Phi) is 6.22. The Hall–Kier alpha value is -1.88. The van der Waals surface area contributed by atoms with E-state index in [0.29, 0.717) is 13.0 Å². The fourth-order valence-electron chi connectivity index (χ4n) is 3.39. The normalized spacial score (nSPS) is 20.4. The van der Waals surface area contributed by atoms with Gasteiger partial charge in [0.25, 0.3) is 0 Å². The lowest BCUT2D eigenvalue weighted by Gasteiger charge is -2.28. The van der Waals surface area contributed by atoms with E-state index < -0.39 is 23.4 Å². The molecule has 1 N–H and O–H groups in total. The van der Waals surface area contributed by atoms with E-state index in [-0.39, 0.29) is 25.0 Å². The van der Waals surface area contributed by atoms with Crippen molar-refractivity contribution >= 4 is 11.9 Å². The molecule has 3 atom stereocenters. The molecule has 1 heterocycles. The predicted molar refractivity (Wildman–Crippen MR) is 95.7 cm³/mol. The van der Waals surface area contributed by atoms with Crippen LogP contribution in [0.15, 0.2) is 30.3 Å². The number of rotatable bonds is 6. The van der Waals surface area contributed by atoms with Gasteiger partial charge in [0.2, 0.25) is 5.91 Å². The maximum absolute atomic E-state index is 12.9. The van der Waals surface area contributed by atoms with Gasteiger partial charge in [0, 0.05) is 13.2 Å². The maximum Gasteiger partial charge on any atom is 0.310 e. The van der Waals surface area contributed by atoms with E-state index in [2.05, 4.69) is 0 Å². The van der Waals surface area contributed by atoms with Gasteiger partial charge in [0.1, 0.15) is 5.60 Å². The minimum Gasteiger partial charge on any atom is -0.460 e. The second-order valence-electron chi connectivity index (χ2n) is 7.67. The summed E-state index contributed by atoms with van der Waals surface area (Å²) in [5.41, 5.74) is 0.469. The quantitative estimate of drug-likeness (QED) is 0.804. The highest BCUT2D eigenvalue weighted by molar-refractivity contribution is 5.87. The molecule has 5 heteroatoms. The van der Waals surface area contributed by atoms with E-state index in [9.17, 15) is 14.7 Å². The second kappa shape index (κ2) is 8.00. The zero-order valence-corrected chi connectivity index (χ0v) is 15.6. The summed E-state index contributed by atoms with van der Waals surface area (Å²) >= 11 is 0. The summed E-state index contributed by atoms with van der Waals surface area (Å²) in [6.45, 7) is 7.90. The molecule has 1 amide bonds. The number of ether oxygens (including phenoxy) is 1. The van der Waals surface area contributed by atoms with Gasteiger partial charge in [-0.25, -0.2) is 0 Å². The van der Waals surface area contributed by atoms with Crippen LogP contribution >= 0.6 is 0 Å². The monoisotopic (exact) mass is 347 g/mol. The topological polar surface area (TPSA) is 66.8 Å². The van der Waals surface area contributed by atoms with Crippen molar-refractivity contribution in [3.63, 3.8) is 0 Å². The smallest absolute Gasteiger partial charge is 0.310 e. The molecular weight excluding hydrogens is 318 g/mol. The molecule has 2 rings (SSSR count). The number of hydrogen-bond acceptors (Lipinski definition) is 4.